The van der Waals surface area contributed by atoms with E-state index < -0.39 is 0 Å². The van der Waals surface area contributed by atoms with E-state index in [0.29, 0.717) is 0 Å². The highest BCUT2D eigenvalue weighted by Crippen LogP contribution is 2.06. The molecule has 0 aromatic carbocycles. The minimum atomic E-state index is 0.822. The molecule has 0 N–H and O–H groups in total. The minimum absolute atomic E-state index is 0.822. The van der Waals surface area contributed by atoms with Gasteiger partial charge in [0.15, 0.2) is 0 Å². The lowest BCUT2D eigenvalue weighted by Crippen LogP contribution is -1.75. The van der Waals surface area contributed by atoms with E-state index in [1.54, 1.807) is 6.21 Å². The fourth-order valence-electron chi connectivity index (χ4n) is 0.897. The topological polar surface area (TPSA) is 24.7 Å². The van der Waals surface area contributed by atoms with Gasteiger partial charge in [-0.15, -0.1) is 0 Å². The molecule has 0 amide bonds. The largest absolute Gasteiger partial charge is 0.244 e. The van der Waals surface area contributed by atoms with Crippen LogP contribution in [0.1, 0.15) is 0 Å². The summed E-state index contributed by atoms with van der Waals surface area (Å²) in [6.45, 7) is 0. The van der Waals surface area contributed by atoms with Crippen LogP contribution >= 0.6 is 0 Å². The van der Waals surface area contributed by atoms with Gasteiger partial charge in [-0.1, -0.05) is 17.9 Å². The summed E-state index contributed by atoms with van der Waals surface area (Å²) in [6, 6.07) is 0. The Morgan fingerprint density at radius 1 is 1.18 bits per heavy atom. The first-order chi connectivity index (χ1) is 5.45. The van der Waals surface area contributed by atoms with Gasteiger partial charge in [-0.05, 0) is 12.2 Å². The summed E-state index contributed by atoms with van der Waals surface area (Å²) < 4.78 is 0. The molecule has 2 aliphatic rings. The molecule has 0 fully saturated rings. The van der Waals surface area contributed by atoms with Crippen LogP contribution < -0.4 is 0 Å². The first-order valence-electron chi connectivity index (χ1n) is 3.36. The molecule has 1 heterocycles. The zero-order valence-electron chi connectivity index (χ0n) is 5.86. The Morgan fingerprint density at radius 3 is 3.09 bits per heavy atom. The summed E-state index contributed by atoms with van der Waals surface area (Å²) in [5.41, 5.74) is 4.87. The number of aliphatic imine (C=N–C) groups is 2. The van der Waals surface area contributed by atoms with Crippen LogP contribution in [0.4, 0.5) is 0 Å². The Bertz CT molecular complexity index is 288. The number of allylic oxidation sites excluding steroid dienone is 4. The van der Waals surface area contributed by atoms with Crippen molar-refractivity contribution < 1.29 is 0 Å². The Morgan fingerprint density at radius 2 is 2.09 bits per heavy atom. The zero-order valence-corrected chi connectivity index (χ0v) is 5.86. The Kier molecular flexibility index (Phi) is 1.39. The van der Waals surface area contributed by atoms with Gasteiger partial charge in [0.05, 0.1) is 0 Å². The maximum absolute atomic E-state index is 4.04. The van der Waals surface area contributed by atoms with Crippen LogP contribution in [0.2, 0.25) is 0 Å². The standard InChI is InChI=1S/C9H6N2/c1-2-4-9-5-8(3-1)6-10-7-11-9/h1-4,6-7H. The molecule has 1 aliphatic carbocycles. The van der Waals surface area contributed by atoms with Gasteiger partial charge in [0.25, 0.3) is 0 Å². The van der Waals surface area contributed by atoms with Crippen LogP contribution in [-0.4, -0.2) is 12.6 Å². The molecule has 0 spiro atoms. The van der Waals surface area contributed by atoms with Crippen LogP contribution in [0.3, 0.4) is 0 Å². The number of hydrogen-bond acceptors (Lipinski definition) is 2. The molecular formula is C9H6N2. The van der Waals surface area contributed by atoms with E-state index in [1.807, 2.05) is 24.3 Å². The van der Waals surface area contributed by atoms with Crippen molar-refractivity contribution >= 4 is 12.6 Å². The van der Waals surface area contributed by atoms with Crippen molar-refractivity contribution in [2.75, 3.05) is 0 Å². The third-order valence-corrected chi connectivity index (χ3v) is 1.39. The average molecular weight is 142 g/mol. The lowest BCUT2D eigenvalue weighted by atomic mass is 10.3. The second-order valence-electron chi connectivity index (χ2n) is 2.21. The van der Waals surface area contributed by atoms with Crippen molar-refractivity contribution in [2.45, 2.75) is 0 Å². The van der Waals surface area contributed by atoms with E-state index in [-0.39, 0.29) is 0 Å². The van der Waals surface area contributed by atoms with Crippen LogP contribution in [0.5, 0.6) is 0 Å². The summed E-state index contributed by atoms with van der Waals surface area (Å²) in [4.78, 5) is 7.97. The summed E-state index contributed by atoms with van der Waals surface area (Å²) in [5, 5.41) is 0. The van der Waals surface area contributed by atoms with E-state index in [0.717, 1.165) is 11.3 Å². The first-order valence-corrected chi connectivity index (χ1v) is 3.36. The van der Waals surface area contributed by atoms with Gasteiger partial charge in [0.1, 0.15) is 12.0 Å². The molecular weight excluding hydrogens is 136 g/mol. The Labute approximate surface area is 64.7 Å². The third-order valence-electron chi connectivity index (χ3n) is 1.39. The molecule has 2 nitrogen and oxygen atoms in total. The molecule has 0 saturated carbocycles. The van der Waals surface area contributed by atoms with Gasteiger partial charge in [0, 0.05) is 11.8 Å². The van der Waals surface area contributed by atoms with E-state index >= 15 is 0 Å². The second-order valence-corrected chi connectivity index (χ2v) is 2.21. The molecule has 0 aromatic rings. The molecule has 0 atom stereocenters. The van der Waals surface area contributed by atoms with Crippen molar-refractivity contribution in [1.82, 2.24) is 0 Å². The first kappa shape index (κ1) is 6.08. The summed E-state index contributed by atoms with van der Waals surface area (Å²) >= 11 is 0. The predicted octanol–water partition coefficient (Wildman–Crippen LogP) is 1.63. The van der Waals surface area contributed by atoms with Gasteiger partial charge in [-0.2, -0.15) is 0 Å². The van der Waals surface area contributed by atoms with Crippen molar-refractivity contribution in [3.8, 4) is 0 Å². The predicted molar refractivity (Wildman–Crippen MR) is 45.8 cm³/mol. The van der Waals surface area contributed by atoms with Gasteiger partial charge in [-0.3, -0.25) is 0 Å². The highest BCUT2D eigenvalue weighted by atomic mass is 14.9. The Hall–Kier alpha value is -1.66. The number of hydrogen-bond donors (Lipinski definition) is 0. The third kappa shape index (κ3) is 1.26. The molecule has 0 unspecified atom stereocenters. The van der Waals surface area contributed by atoms with E-state index in [2.05, 4.69) is 15.7 Å². The molecule has 11 heavy (non-hydrogen) atoms. The molecule has 0 radical (unpaired) electrons. The number of rotatable bonds is 0. The van der Waals surface area contributed by atoms with E-state index in [4.69, 9.17) is 0 Å². The molecule has 0 saturated heterocycles. The van der Waals surface area contributed by atoms with E-state index in [1.165, 1.54) is 6.34 Å². The molecule has 2 bridgehead atoms. The second kappa shape index (κ2) is 2.52. The van der Waals surface area contributed by atoms with Gasteiger partial charge in [0.2, 0.25) is 0 Å². The lowest BCUT2D eigenvalue weighted by molar-refractivity contribution is 1.43. The summed E-state index contributed by atoms with van der Waals surface area (Å²) in [5.74, 6) is 0. The highest BCUT2D eigenvalue weighted by molar-refractivity contribution is 5.89. The quantitative estimate of drug-likeness (QED) is 0.459. The van der Waals surface area contributed by atoms with Crippen molar-refractivity contribution in [3.63, 3.8) is 0 Å². The average Bonchev–Trinajstić information content (AvgIpc) is 2.36. The minimum Gasteiger partial charge on any atom is -0.244 e. The van der Waals surface area contributed by atoms with E-state index in [9.17, 15) is 0 Å². The fourth-order valence-corrected chi connectivity index (χ4v) is 0.897. The lowest BCUT2D eigenvalue weighted by Gasteiger charge is -1.81. The molecule has 1 aliphatic heterocycles. The Balaban J connectivity index is 2.58. The van der Waals surface area contributed by atoms with Crippen LogP contribution in [0, 0.1) is 0 Å². The molecule has 52 valence electrons. The molecule has 2 heteroatoms. The molecule has 0 aromatic heterocycles. The van der Waals surface area contributed by atoms with Gasteiger partial charge in [-0.25, -0.2) is 9.98 Å². The molecule has 2 rings (SSSR count). The highest BCUT2D eigenvalue weighted by Gasteiger charge is 1.93. The monoisotopic (exact) mass is 142 g/mol. The SMILES string of the molecule is C1=C2C=CC=CC=1N=CN=C2. The van der Waals surface area contributed by atoms with Crippen molar-refractivity contribution in [2.24, 2.45) is 9.98 Å². The van der Waals surface area contributed by atoms with Crippen molar-refractivity contribution in [1.29, 1.82) is 0 Å². The maximum atomic E-state index is 4.04. The normalized spacial score (nSPS) is 18.9. The van der Waals surface area contributed by atoms with Gasteiger partial charge >= 0.3 is 0 Å². The fraction of sp³-hybridized carbons (Fsp3) is 0. The summed E-state index contributed by atoms with van der Waals surface area (Å²) in [7, 11) is 0. The number of nitrogens with zero attached hydrogens (tertiary/aromatic N) is 2. The smallest absolute Gasteiger partial charge is 0.116 e. The van der Waals surface area contributed by atoms with Crippen LogP contribution in [0.15, 0.2) is 51.3 Å². The van der Waals surface area contributed by atoms with Gasteiger partial charge < -0.3 is 0 Å². The van der Waals surface area contributed by atoms with Crippen molar-refractivity contribution in [3.05, 3.63) is 41.3 Å². The maximum Gasteiger partial charge on any atom is 0.116 e. The van der Waals surface area contributed by atoms with Crippen LogP contribution in [-0.2, 0) is 0 Å². The summed E-state index contributed by atoms with van der Waals surface area (Å²) in [6.07, 6.45) is 11.0. The van der Waals surface area contributed by atoms with Crippen LogP contribution in [0.25, 0.3) is 0 Å². The zero-order chi connectivity index (χ0) is 7.52.